The third kappa shape index (κ3) is 2.30. The number of halogens is 1. The van der Waals surface area contributed by atoms with E-state index in [0.29, 0.717) is 16.7 Å². The Balaban J connectivity index is 2.31. The number of nitrogens with one attached hydrogen (secondary N) is 1. The molecule has 0 radical (unpaired) electrons. The van der Waals surface area contributed by atoms with Gasteiger partial charge in [0.05, 0.1) is 10.5 Å². The highest BCUT2D eigenvalue weighted by Gasteiger charge is 2.13. The van der Waals surface area contributed by atoms with E-state index in [-0.39, 0.29) is 0 Å². The number of pyridine rings is 1. The first-order valence-corrected chi connectivity index (χ1v) is 6.85. The van der Waals surface area contributed by atoms with Gasteiger partial charge in [-0.3, -0.25) is 4.98 Å². The van der Waals surface area contributed by atoms with Crippen LogP contribution in [0.4, 0.5) is 5.82 Å². The number of aryl methyl sites for hydroxylation is 1. The Labute approximate surface area is 127 Å². The van der Waals surface area contributed by atoms with Crippen molar-refractivity contribution in [1.29, 1.82) is 0 Å². The van der Waals surface area contributed by atoms with Crippen LogP contribution in [0.1, 0.15) is 11.3 Å². The van der Waals surface area contributed by atoms with Crippen molar-refractivity contribution < 1.29 is 0 Å². The van der Waals surface area contributed by atoms with Gasteiger partial charge in [0.25, 0.3) is 0 Å². The molecular weight excluding hydrogens is 286 g/mol. The first-order chi connectivity index (χ1) is 10.1. The predicted octanol–water partition coefficient (Wildman–Crippen LogP) is 3.25. The van der Waals surface area contributed by atoms with Gasteiger partial charge in [-0.2, -0.15) is 0 Å². The van der Waals surface area contributed by atoms with Crippen LogP contribution in [-0.4, -0.2) is 15.0 Å². The lowest BCUT2D eigenvalue weighted by molar-refractivity contribution is 1.06. The van der Waals surface area contributed by atoms with E-state index in [4.69, 9.17) is 17.4 Å². The largest absolute Gasteiger partial charge is 0.308 e. The number of nitrogen functional groups attached to an aromatic ring is 1. The molecule has 0 spiro atoms. The van der Waals surface area contributed by atoms with Crippen LogP contribution in [0.15, 0.2) is 30.5 Å². The number of benzene rings is 1. The maximum atomic E-state index is 6.22. The summed E-state index contributed by atoms with van der Waals surface area (Å²) in [6.45, 7) is 3.85. The van der Waals surface area contributed by atoms with E-state index in [1.54, 1.807) is 6.20 Å². The van der Waals surface area contributed by atoms with Gasteiger partial charge in [-0.15, -0.1) is 0 Å². The summed E-state index contributed by atoms with van der Waals surface area (Å²) in [4.78, 5) is 13.4. The van der Waals surface area contributed by atoms with E-state index < -0.39 is 0 Å². The third-order valence-electron chi connectivity index (χ3n) is 3.48. The fourth-order valence-electron chi connectivity index (χ4n) is 2.21. The number of anilines is 1. The first kappa shape index (κ1) is 13.7. The van der Waals surface area contributed by atoms with Crippen LogP contribution in [0.25, 0.3) is 22.3 Å². The minimum Gasteiger partial charge on any atom is -0.308 e. The van der Waals surface area contributed by atoms with Gasteiger partial charge in [-0.25, -0.2) is 15.8 Å². The van der Waals surface area contributed by atoms with E-state index in [1.807, 2.05) is 38.1 Å². The van der Waals surface area contributed by atoms with E-state index in [9.17, 15) is 0 Å². The number of hydrogen-bond donors (Lipinski definition) is 2. The lowest BCUT2D eigenvalue weighted by Gasteiger charge is -2.11. The molecule has 0 fully saturated rings. The predicted molar refractivity (Wildman–Crippen MR) is 85.1 cm³/mol. The molecule has 2 heterocycles. The highest BCUT2D eigenvalue weighted by molar-refractivity contribution is 6.35. The number of nitrogens with two attached hydrogens (primary N) is 1. The average molecular weight is 300 g/mol. The second-order valence-corrected chi connectivity index (χ2v) is 5.15. The molecule has 0 atom stereocenters. The summed E-state index contributed by atoms with van der Waals surface area (Å²) < 4.78 is 0. The smallest absolute Gasteiger partial charge is 0.164 e. The second kappa shape index (κ2) is 5.27. The van der Waals surface area contributed by atoms with Gasteiger partial charge < -0.3 is 5.43 Å². The van der Waals surface area contributed by atoms with Crippen molar-refractivity contribution in [2.45, 2.75) is 13.8 Å². The van der Waals surface area contributed by atoms with Crippen molar-refractivity contribution in [1.82, 2.24) is 15.0 Å². The maximum absolute atomic E-state index is 6.22. The molecule has 0 bridgehead atoms. The summed E-state index contributed by atoms with van der Waals surface area (Å²) in [7, 11) is 0. The van der Waals surface area contributed by atoms with Crippen molar-refractivity contribution >= 4 is 28.3 Å². The fourth-order valence-corrected chi connectivity index (χ4v) is 2.42. The fraction of sp³-hybridized carbons (Fsp3) is 0.133. The molecule has 6 heteroatoms. The molecule has 0 unspecified atom stereocenters. The molecule has 5 nitrogen and oxygen atoms in total. The van der Waals surface area contributed by atoms with Crippen LogP contribution < -0.4 is 11.3 Å². The SMILES string of the molecule is Cc1nc(-c2ccc(Cl)c3cccnc23)nc(NN)c1C. The highest BCUT2D eigenvalue weighted by atomic mass is 35.5. The number of hydrazine groups is 1. The van der Waals surface area contributed by atoms with Gasteiger partial charge in [0.2, 0.25) is 0 Å². The van der Waals surface area contributed by atoms with Gasteiger partial charge in [0.1, 0.15) is 5.82 Å². The van der Waals surface area contributed by atoms with E-state index >= 15 is 0 Å². The minimum atomic E-state index is 0.575. The number of hydrogen-bond acceptors (Lipinski definition) is 5. The van der Waals surface area contributed by atoms with Gasteiger partial charge in [-0.1, -0.05) is 11.6 Å². The molecule has 2 aromatic heterocycles. The molecule has 0 aliphatic heterocycles. The standard InChI is InChI=1S/C15H14ClN5/c1-8-9(2)19-15(20-14(8)21-17)11-5-6-12(16)10-4-3-7-18-13(10)11/h3-7H,17H2,1-2H3,(H,19,20,21). The molecule has 21 heavy (non-hydrogen) atoms. The molecule has 3 N–H and O–H groups in total. The Morgan fingerprint density at radius 1 is 1.14 bits per heavy atom. The van der Waals surface area contributed by atoms with Gasteiger partial charge in [-0.05, 0) is 38.1 Å². The van der Waals surface area contributed by atoms with Crippen LogP contribution in [0.2, 0.25) is 5.02 Å². The molecule has 3 rings (SSSR count). The third-order valence-corrected chi connectivity index (χ3v) is 3.81. The van der Waals surface area contributed by atoms with Crippen LogP contribution >= 0.6 is 11.6 Å². The monoisotopic (exact) mass is 299 g/mol. The molecule has 0 saturated heterocycles. The lowest BCUT2D eigenvalue weighted by atomic mass is 10.1. The van der Waals surface area contributed by atoms with E-state index in [0.717, 1.165) is 27.7 Å². The Morgan fingerprint density at radius 3 is 2.71 bits per heavy atom. The molecule has 0 aliphatic carbocycles. The summed E-state index contributed by atoms with van der Waals surface area (Å²) in [6.07, 6.45) is 1.73. The van der Waals surface area contributed by atoms with Crippen LogP contribution in [0, 0.1) is 13.8 Å². The summed E-state index contributed by atoms with van der Waals surface area (Å²) in [6, 6.07) is 7.49. The van der Waals surface area contributed by atoms with E-state index in [2.05, 4.69) is 20.4 Å². The summed E-state index contributed by atoms with van der Waals surface area (Å²) in [5, 5.41) is 1.53. The van der Waals surface area contributed by atoms with Crippen molar-refractivity contribution in [2.24, 2.45) is 5.84 Å². The van der Waals surface area contributed by atoms with Crippen molar-refractivity contribution in [3.05, 3.63) is 46.7 Å². The van der Waals surface area contributed by atoms with Crippen molar-refractivity contribution in [2.75, 3.05) is 5.43 Å². The Hall–Kier alpha value is -2.24. The van der Waals surface area contributed by atoms with Crippen molar-refractivity contribution in [3.8, 4) is 11.4 Å². The topological polar surface area (TPSA) is 76.7 Å². The molecule has 106 valence electrons. The number of rotatable bonds is 2. The normalized spacial score (nSPS) is 10.9. The van der Waals surface area contributed by atoms with Crippen LogP contribution in [0.5, 0.6) is 0 Å². The van der Waals surface area contributed by atoms with Crippen molar-refractivity contribution in [3.63, 3.8) is 0 Å². The summed E-state index contributed by atoms with van der Waals surface area (Å²) >= 11 is 6.22. The molecule has 3 aromatic rings. The number of fused-ring (bicyclic) bond motifs is 1. The zero-order valence-corrected chi connectivity index (χ0v) is 12.4. The van der Waals surface area contributed by atoms with Gasteiger partial charge in [0.15, 0.2) is 5.82 Å². The Bertz CT molecular complexity index is 832. The molecule has 0 saturated carbocycles. The number of aromatic nitrogens is 3. The van der Waals surface area contributed by atoms with Gasteiger partial charge in [0, 0.05) is 28.4 Å². The quantitative estimate of drug-likeness (QED) is 0.561. The van der Waals surface area contributed by atoms with Gasteiger partial charge >= 0.3 is 0 Å². The number of nitrogens with zero attached hydrogens (tertiary/aromatic N) is 3. The summed E-state index contributed by atoms with van der Waals surface area (Å²) in [5.74, 6) is 6.71. The molecule has 0 aliphatic rings. The zero-order chi connectivity index (χ0) is 15.0. The first-order valence-electron chi connectivity index (χ1n) is 6.47. The highest BCUT2D eigenvalue weighted by Crippen LogP contribution is 2.31. The summed E-state index contributed by atoms with van der Waals surface area (Å²) in [5.41, 5.74) is 6.00. The van der Waals surface area contributed by atoms with E-state index in [1.165, 1.54) is 0 Å². The zero-order valence-electron chi connectivity index (χ0n) is 11.7. The lowest BCUT2D eigenvalue weighted by Crippen LogP contribution is -2.12. The van der Waals surface area contributed by atoms with Crippen LogP contribution in [-0.2, 0) is 0 Å². The molecular formula is C15H14ClN5. The maximum Gasteiger partial charge on any atom is 0.164 e. The Morgan fingerprint density at radius 2 is 1.95 bits per heavy atom. The average Bonchev–Trinajstić information content (AvgIpc) is 2.51. The Kier molecular flexibility index (Phi) is 3.45. The van der Waals surface area contributed by atoms with Crippen LogP contribution in [0.3, 0.4) is 0 Å². The molecule has 1 aromatic carbocycles. The second-order valence-electron chi connectivity index (χ2n) is 4.75. The minimum absolute atomic E-state index is 0.575. The molecule has 0 amide bonds.